The molecule has 0 spiro atoms. The summed E-state index contributed by atoms with van der Waals surface area (Å²) < 4.78 is 17.4. The van der Waals surface area contributed by atoms with E-state index in [-0.39, 0.29) is 35.4 Å². The highest BCUT2D eigenvalue weighted by Crippen LogP contribution is 2.67. The number of carbonyl (C=O) groups excluding carboxylic acids is 1. The number of ether oxygens (including phenoxy) is 3. The second kappa shape index (κ2) is 10.8. The van der Waals surface area contributed by atoms with Crippen LogP contribution >= 0.6 is 0 Å². The van der Waals surface area contributed by atoms with Gasteiger partial charge in [-0.25, -0.2) is 0 Å². The number of nitrogens with zero attached hydrogens (tertiary/aromatic N) is 1. The first-order chi connectivity index (χ1) is 17.5. The van der Waals surface area contributed by atoms with Gasteiger partial charge < -0.3 is 14.2 Å². The van der Waals surface area contributed by atoms with Crippen LogP contribution < -0.4 is 4.74 Å². The predicted octanol–water partition coefficient (Wildman–Crippen LogP) is 6.81. The Morgan fingerprint density at radius 2 is 1.73 bits per heavy atom. The molecule has 0 amide bonds. The fourth-order valence-corrected chi connectivity index (χ4v) is 6.98. The van der Waals surface area contributed by atoms with Crippen molar-refractivity contribution in [2.24, 2.45) is 16.7 Å². The van der Waals surface area contributed by atoms with E-state index in [1.165, 1.54) is 12.0 Å². The minimum Gasteiger partial charge on any atom is -0.497 e. The fourth-order valence-electron chi connectivity index (χ4n) is 6.98. The number of hydrogen-bond acceptors (Lipinski definition) is 5. The first kappa shape index (κ1) is 27.7. The van der Waals surface area contributed by atoms with Gasteiger partial charge in [-0.3, -0.25) is 9.69 Å². The van der Waals surface area contributed by atoms with Crippen LogP contribution in [0, 0.1) is 16.7 Å². The number of esters is 1. The maximum absolute atomic E-state index is 13.3. The normalized spacial score (nSPS) is 25.3. The fraction of sp³-hybridized carbons (Fsp3) is 0.594. The molecule has 0 aromatic heterocycles. The van der Waals surface area contributed by atoms with E-state index in [0.717, 1.165) is 37.2 Å². The molecule has 0 saturated heterocycles. The largest absolute Gasteiger partial charge is 0.497 e. The van der Waals surface area contributed by atoms with Crippen molar-refractivity contribution < 1.29 is 19.0 Å². The highest BCUT2D eigenvalue weighted by molar-refractivity contribution is 5.71. The second-order valence-electron chi connectivity index (χ2n) is 12.5. The molecule has 2 bridgehead atoms. The van der Waals surface area contributed by atoms with Crippen LogP contribution in [-0.4, -0.2) is 43.3 Å². The number of methoxy groups -OCH3 is 2. The van der Waals surface area contributed by atoms with Gasteiger partial charge in [0, 0.05) is 31.7 Å². The molecule has 202 valence electrons. The summed E-state index contributed by atoms with van der Waals surface area (Å²) in [5, 5.41) is 0. The van der Waals surface area contributed by atoms with Crippen molar-refractivity contribution in [1.82, 2.24) is 4.90 Å². The third-order valence-electron chi connectivity index (χ3n) is 9.08. The van der Waals surface area contributed by atoms with Gasteiger partial charge in [-0.05, 0) is 74.6 Å². The minimum absolute atomic E-state index is 0.0276. The summed E-state index contributed by atoms with van der Waals surface area (Å²) in [6, 6.07) is 18.6. The molecule has 0 aliphatic heterocycles. The monoisotopic (exact) mass is 507 g/mol. The highest BCUT2D eigenvalue weighted by Gasteiger charge is 2.64. The number of benzene rings is 2. The lowest BCUT2D eigenvalue weighted by Crippen LogP contribution is -2.49. The molecule has 5 nitrogen and oxygen atoms in total. The minimum atomic E-state index is -0.530. The lowest BCUT2D eigenvalue weighted by molar-refractivity contribution is -0.157. The van der Waals surface area contributed by atoms with Gasteiger partial charge in [0.15, 0.2) is 0 Å². The average Bonchev–Trinajstić information content (AvgIpc) is 3.22. The Balaban J connectivity index is 1.75. The van der Waals surface area contributed by atoms with E-state index in [2.05, 4.69) is 61.2 Å². The zero-order chi connectivity index (χ0) is 26.8. The van der Waals surface area contributed by atoms with Crippen LogP contribution in [0.15, 0.2) is 54.6 Å². The molecule has 0 radical (unpaired) electrons. The highest BCUT2D eigenvalue weighted by atomic mass is 16.6. The van der Waals surface area contributed by atoms with Gasteiger partial charge in [-0.1, -0.05) is 56.3 Å². The molecule has 0 heterocycles. The van der Waals surface area contributed by atoms with Crippen molar-refractivity contribution in [1.29, 1.82) is 0 Å². The molecule has 5 heteroatoms. The predicted molar refractivity (Wildman–Crippen MR) is 147 cm³/mol. The van der Waals surface area contributed by atoms with E-state index in [9.17, 15) is 4.79 Å². The van der Waals surface area contributed by atoms with Crippen LogP contribution in [0.1, 0.15) is 77.5 Å². The van der Waals surface area contributed by atoms with Crippen LogP contribution in [0.5, 0.6) is 5.75 Å². The Labute approximate surface area is 223 Å². The average molecular weight is 508 g/mol. The topological polar surface area (TPSA) is 48.0 Å². The third-order valence-corrected chi connectivity index (χ3v) is 9.08. The van der Waals surface area contributed by atoms with E-state index in [0.29, 0.717) is 5.92 Å². The number of fused-ring (bicyclic) bond motifs is 2. The molecular formula is C32H45NO4. The van der Waals surface area contributed by atoms with Crippen molar-refractivity contribution >= 4 is 5.97 Å². The van der Waals surface area contributed by atoms with Crippen molar-refractivity contribution in [3.63, 3.8) is 0 Å². The molecule has 2 aromatic carbocycles. The summed E-state index contributed by atoms with van der Waals surface area (Å²) in [5.41, 5.74) is 2.00. The maximum Gasteiger partial charge on any atom is 0.308 e. The summed E-state index contributed by atoms with van der Waals surface area (Å²) in [6.45, 7) is 12.3. The Bertz CT molecular complexity index is 1040. The van der Waals surface area contributed by atoms with Crippen LogP contribution in [-0.2, 0) is 20.8 Å². The standard InChI is InChI=1S/C32H45NO4/c1-30(2,3)37-29(34)20-27(24-13-15-26(35-6)16-14-24)33(21-23-11-9-8-10-12-23)22-32-18-17-25(31(32,4)5)19-28(32)36-7/h8-16,25,27-28H,17-22H2,1-7H3/t25?,27-,28?,32?/m0/s1. The molecule has 2 aromatic rings. The SMILES string of the molecule is COc1ccc([C@H](CC(=O)OC(C)(C)C)N(Cc2ccccc2)CC23CCC(CC2OC)C3(C)C)cc1. The summed E-state index contributed by atoms with van der Waals surface area (Å²) in [4.78, 5) is 15.8. The van der Waals surface area contributed by atoms with Gasteiger partial charge in [-0.2, -0.15) is 0 Å². The van der Waals surface area contributed by atoms with Crippen molar-refractivity contribution in [2.45, 2.75) is 84.6 Å². The molecule has 2 fully saturated rings. The van der Waals surface area contributed by atoms with E-state index in [1.807, 2.05) is 40.0 Å². The molecule has 4 rings (SSSR count). The second-order valence-corrected chi connectivity index (χ2v) is 12.5. The molecule has 4 atom stereocenters. The van der Waals surface area contributed by atoms with E-state index in [4.69, 9.17) is 14.2 Å². The third kappa shape index (κ3) is 5.73. The Hall–Kier alpha value is -2.37. The maximum atomic E-state index is 13.3. The Morgan fingerprint density at radius 1 is 1.05 bits per heavy atom. The summed E-state index contributed by atoms with van der Waals surface area (Å²) in [7, 11) is 3.55. The van der Waals surface area contributed by atoms with Gasteiger partial charge in [0.05, 0.1) is 19.6 Å². The first-order valence-electron chi connectivity index (χ1n) is 13.7. The first-order valence-corrected chi connectivity index (χ1v) is 13.7. The smallest absolute Gasteiger partial charge is 0.308 e. The van der Waals surface area contributed by atoms with E-state index in [1.54, 1.807) is 7.11 Å². The number of rotatable bonds is 10. The molecule has 37 heavy (non-hydrogen) atoms. The van der Waals surface area contributed by atoms with Crippen molar-refractivity contribution in [3.05, 3.63) is 65.7 Å². The van der Waals surface area contributed by atoms with Crippen LogP contribution in [0.4, 0.5) is 0 Å². The van der Waals surface area contributed by atoms with Gasteiger partial charge in [-0.15, -0.1) is 0 Å². The molecule has 2 aliphatic rings. The lowest BCUT2D eigenvalue weighted by Gasteiger charge is -2.47. The van der Waals surface area contributed by atoms with Gasteiger partial charge >= 0.3 is 5.97 Å². The van der Waals surface area contributed by atoms with Crippen molar-refractivity contribution in [2.75, 3.05) is 20.8 Å². The van der Waals surface area contributed by atoms with Crippen molar-refractivity contribution in [3.8, 4) is 5.75 Å². The quantitative estimate of drug-likeness (QED) is 0.331. The molecule has 2 saturated carbocycles. The Kier molecular flexibility index (Phi) is 8.06. The molecule has 0 N–H and O–H groups in total. The zero-order valence-electron chi connectivity index (χ0n) is 23.8. The van der Waals surface area contributed by atoms with Gasteiger partial charge in [0.2, 0.25) is 0 Å². The number of hydrogen-bond donors (Lipinski definition) is 0. The molecular weight excluding hydrogens is 462 g/mol. The Morgan fingerprint density at radius 3 is 2.30 bits per heavy atom. The van der Waals surface area contributed by atoms with Crippen LogP contribution in [0.3, 0.4) is 0 Å². The van der Waals surface area contributed by atoms with E-state index >= 15 is 0 Å². The molecule has 2 aliphatic carbocycles. The summed E-state index contributed by atoms with van der Waals surface area (Å²) in [5.74, 6) is 1.30. The lowest BCUT2D eigenvalue weighted by atomic mass is 9.67. The molecule has 3 unspecified atom stereocenters. The summed E-state index contributed by atoms with van der Waals surface area (Å²) >= 11 is 0. The van der Waals surface area contributed by atoms with Crippen LogP contribution in [0.2, 0.25) is 0 Å². The van der Waals surface area contributed by atoms with Crippen LogP contribution in [0.25, 0.3) is 0 Å². The number of carbonyl (C=O) groups is 1. The summed E-state index contributed by atoms with van der Waals surface area (Å²) in [6.07, 6.45) is 4.01. The van der Waals surface area contributed by atoms with E-state index < -0.39 is 5.60 Å². The zero-order valence-corrected chi connectivity index (χ0v) is 23.8. The van der Waals surface area contributed by atoms with Gasteiger partial charge in [0.1, 0.15) is 11.4 Å². The van der Waals surface area contributed by atoms with Gasteiger partial charge in [0.25, 0.3) is 0 Å².